The highest BCUT2D eigenvalue weighted by atomic mass is 16.2. The lowest BCUT2D eigenvalue weighted by Gasteiger charge is -2.27. The van der Waals surface area contributed by atoms with Gasteiger partial charge in [-0.05, 0) is 44.9 Å². The highest BCUT2D eigenvalue weighted by Crippen LogP contribution is 2.38. The molecule has 84 valence electrons. The summed E-state index contributed by atoms with van der Waals surface area (Å²) in [5.74, 6) is 0.432. The van der Waals surface area contributed by atoms with E-state index in [4.69, 9.17) is 5.73 Å². The maximum absolute atomic E-state index is 12.0. The van der Waals surface area contributed by atoms with Gasteiger partial charge in [0.2, 0.25) is 5.91 Å². The molecule has 1 fully saturated rings. The molecule has 0 saturated heterocycles. The minimum atomic E-state index is -0.652. The van der Waals surface area contributed by atoms with Gasteiger partial charge in [0.1, 0.15) is 0 Å². The molecule has 2 aliphatic carbocycles. The van der Waals surface area contributed by atoms with E-state index < -0.39 is 5.54 Å². The number of rotatable bonds is 3. The van der Waals surface area contributed by atoms with Gasteiger partial charge in [-0.25, -0.2) is 0 Å². The van der Waals surface area contributed by atoms with Gasteiger partial charge < -0.3 is 11.1 Å². The molecule has 0 aromatic rings. The van der Waals surface area contributed by atoms with E-state index in [1.54, 1.807) is 0 Å². The summed E-state index contributed by atoms with van der Waals surface area (Å²) in [7, 11) is 0. The van der Waals surface area contributed by atoms with Crippen molar-refractivity contribution >= 4 is 5.91 Å². The van der Waals surface area contributed by atoms with Crippen molar-refractivity contribution in [3.63, 3.8) is 0 Å². The van der Waals surface area contributed by atoms with E-state index in [9.17, 15) is 4.79 Å². The van der Waals surface area contributed by atoms with E-state index in [1.165, 1.54) is 0 Å². The normalized spacial score (nSPS) is 29.6. The Bertz CT molecular complexity index is 279. The number of amides is 1. The number of hydrogen-bond acceptors (Lipinski definition) is 2. The van der Waals surface area contributed by atoms with E-state index in [0.29, 0.717) is 12.0 Å². The van der Waals surface area contributed by atoms with Gasteiger partial charge in [-0.15, -0.1) is 0 Å². The molecule has 1 amide bonds. The molecule has 15 heavy (non-hydrogen) atoms. The fourth-order valence-corrected chi connectivity index (χ4v) is 2.13. The van der Waals surface area contributed by atoms with Crippen LogP contribution in [0.15, 0.2) is 12.2 Å². The Balaban J connectivity index is 1.88. The Morgan fingerprint density at radius 3 is 2.67 bits per heavy atom. The molecule has 1 saturated carbocycles. The first-order chi connectivity index (χ1) is 7.10. The average molecular weight is 208 g/mol. The topological polar surface area (TPSA) is 55.1 Å². The molecule has 0 bridgehead atoms. The lowest BCUT2D eigenvalue weighted by atomic mass is 9.94. The molecule has 0 radical (unpaired) electrons. The number of nitrogens with two attached hydrogens (primary N) is 1. The number of allylic oxidation sites excluding steroid dienone is 1. The highest BCUT2D eigenvalue weighted by molar-refractivity contribution is 5.86. The van der Waals surface area contributed by atoms with Crippen LogP contribution in [0.3, 0.4) is 0 Å². The van der Waals surface area contributed by atoms with Crippen LogP contribution in [0.1, 0.15) is 39.0 Å². The summed E-state index contributed by atoms with van der Waals surface area (Å²) < 4.78 is 0. The molecule has 3 nitrogen and oxygen atoms in total. The molecule has 2 unspecified atom stereocenters. The fourth-order valence-electron chi connectivity index (χ4n) is 2.13. The van der Waals surface area contributed by atoms with Gasteiger partial charge in [-0.1, -0.05) is 12.2 Å². The number of hydrogen-bond donors (Lipinski definition) is 2. The van der Waals surface area contributed by atoms with E-state index in [1.807, 2.05) is 6.92 Å². The third kappa shape index (κ3) is 2.40. The molecule has 2 atom stereocenters. The van der Waals surface area contributed by atoms with Crippen LogP contribution < -0.4 is 11.1 Å². The zero-order valence-electron chi connectivity index (χ0n) is 9.33. The van der Waals surface area contributed by atoms with Crippen molar-refractivity contribution < 1.29 is 4.79 Å². The van der Waals surface area contributed by atoms with Gasteiger partial charge >= 0.3 is 0 Å². The van der Waals surface area contributed by atoms with Crippen molar-refractivity contribution in [2.24, 2.45) is 11.7 Å². The molecule has 3 heteroatoms. The van der Waals surface area contributed by atoms with Crippen LogP contribution in [0.25, 0.3) is 0 Å². The van der Waals surface area contributed by atoms with E-state index in [2.05, 4.69) is 17.5 Å². The quantitative estimate of drug-likeness (QED) is 0.688. The van der Waals surface area contributed by atoms with E-state index in [0.717, 1.165) is 32.1 Å². The first-order valence-electron chi connectivity index (χ1n) is 5.85. The predicted octanol–water partition coefficient (Wildman–Crippen LogP) is 1.34. The Morgan fingerprint density at radius 1 is 1.40 bits per heavy atom. The van der Waals surface area contributed by atoms with Crippen molar-refractivity contribution in [1.82, 2.24) is 5.32 Å². The largest absolute Gasteiger partial charge is 0.351 e. The van der Waals surface area contributed by atoms with Gasteiger partial charge in [0.15, 0.2) is 0 Å². The van der Waals surface area contributed by atoms with Crippen LogP contribution in [0.4, 0.5) is 0 Å². The van der Waals surface area contributed by atoms with Gasteiger partial charge in [0.25, 0.3) is 0 Å². The summed E-state index contributed by atoms with van der Waals surface area (Å²) in [6, 6.07) is 0.295. The lowest BCUT2D eigenvalue weighted by Crippen LogP contribution is -2.55. The summed E-state index contributed by atoms with van der Waals surface area (Å²) in [6.45, 7) is 1.86. The zero-order chi connectivity index (χ0) is 10.9. The van der Waals surface area contributed by atoms with Gasteiger partial charge in [-0.3, -0.25) is 4.79 Å². The van der Waals surface area contributed by atoms with Crippen LogP contribution in [-0.4, -0.2) is 17.5 Å². The Morgan fingerprint density at radius 2 is 2.13 bits per heavy atom. The molecule has 3 N–H and O–H groups in total. The monoisotopic (exact) mass is 208 g/mol. The van der Waals surface area contributed by atoms with Crippen LogP contribution in [0.2, 0.25) is 0 Å². The second-order valence-electron chi connectivity index (χ2n) is 5.01. The first kappa shape index (κ1) is 10.7. The summed E-state index contributed by atoms with van der Waals surface area (Å²) in [5.41, 5.74) is 5.40. The van der Waals surface area contributed by atoms with Crippen LogP contribution in [0, 0.1) is 5.92 Å². The standard InChI is InChI=1S/C12H20N2O/c1-12(13,9-7-8-9)11(15)14-10-5-3-2-4-6-10/h2-3,9-10H,4-8,13H2,1H3,(H,14,15). The Labute approximate surface area is 91.1 Å². The molecule has 2 aliphatic rings. The second-order valence-corrected chi connectivity index (χ2v) is 5.01. The predicted molar refractivity (Wildman–Crippen MR) is 60.2 cm³/mol. The summed E-state index contributed by atoms with van der Waals surface area (Å²) in [5, 5.41) is 3.07. The molecule has 2 rings (SSSR count). The minimum absolute atomic E-state index is 0.0327. The molecule has 0 aromatic carbocycles. The van der Waals surface area contributed by atoms with E-state index in [-0.39, 0.29) is 5.91 Å². The molecular formula is C12H20N2O. The third-order valence-electron chi connectivity index (χ3n) is 3.52. The Kier molecular flexibility index (Phi) is 2.83. The van der Waals surface area contributed by atoms with Gasteiger partial charge in [0, 0.05) is 6.04 Å². The van der Waals surface area contributed by atoms with Gasteiger partial charge in [0.05, 0.1) is 5.54 Å². The van der Waals surface area contributed by atoms with Crippen LogP contribution in [0.5, 0.6) is 0 Å². The molecule has 0 spiro atoms. The molecular weight excluding hydrogens is 188 g/mol. The van der Waals surface area contributed by atoms with Crippen molar-refractivity contribution in [3.05, 3.63) is 12.2 Å². The minimum Gasteiger partial charge on any atom is -0.351 e. The zero-order valence-corrected chi connectivity index (χ0v) is 9.33. The van der Waals surface area contributed by atoms with Crippen molar-refractivity contribution in [1.29, 1.82) is 0 Å². The van der Waals surface area contributed by atoms with Crippen molar-refractivity contribution in [2.75, 3.05) is 0 Å². The van der Waals surface area contributed by atoms with Crippen LogP contribution >= 0.6 is 0 Å². The maximum Gasteiger partial charge on any atom is 0.240 e. The van der Waals surface area contributed by atoms with E-state index >= 15 is 0 Å². The third-order valence-corrected chi connectivity index (χ3v) is 3.52. The SMILES string of the molecule is CC(N)(C(=O)NC1CC=CCC1)C1CC1. The fraction of sp³-hybridized carbons (Fsp3) is 0.750. The molecule has 0 heterocycles. The summed E-state index contributed by atoms with van der Waals surface area (Å²) in [4.78, 5) is 12.0. The summed E-state index contributed by atoms with van der Waals surface area (Å²) >= 11 is 0. The van der Waals surface area contributed by atoms with Crippen molar-refractivity contribution in [3.8, 4) is 0 Å². The number of carbonyl (C=O) groups excluding carboxylic acids is 1. The first-order valence-corrected chi connectivity index (χ1v) is 5.85. The Hall–Kier alpha value is -0.830. The highest BCUT2D eigenvalue weighted by Gasteiger charge is 2.44. The molecule has 0 aliphatic heterocycles. The second kappa shape index (κ2) is 3.97. The number of nitrogens with one attached hydrogen (secondary N) is 1. The smallest absolute Gasteiger partial charge is 0.240 e. The molecule has 0 aromatic heterocycles. The van der Waals surface area contributed by atoms with Crippen LogP contribution in [-0.2, 0) is 4.79 Å². The maximum atomic E-state index is 12.0. The summed E-state index contributed by atoms with van der Waals surface area (Å²) in [6.07, 6.45) is 9.58. The lowest BCUT2D eigenvalue weighted by molar-refractivity contribution is -0.127. The number of carbonyl (C=O) groups is 1. The van der Waals surface area contributed by atoms with Gasteiger partial charge in [-0.2, -0.15) is 0 Å². The van der Waals surface area contributed by atoms with Crippen molar-refractivity contribution in [2.45, 2.75) is 50.6 Å². The average Bonchev–Trinajstić information content (AvgIpc) is 3.02.